The van der Waals surface area contributed by atoms with Crippen molar-refractivity contribution in [3.63, 3.8) is 0 Å². The van der Waals surface area contributed by atoms with E-state index in [4.69, 9.17) is 16.3 Å². The molecule has 1 unspecified atom stereocenters. The number of amides is 3. The van der Waals surface area contributed by atoms with Crippen LogP contribution in [0.2, 0.25) is 5.02 Å². The number of rotatable bonds is 4. The largest absolute Gasteiger partial charge is 0.448 e. The van der Waals surface area contributed by atoms with Gasteiger partial charge in [0.05, 0.1) is 12.6 Å². The molecule has 2 aliphatic rings. The van der Waals surface area contributed by atoms with Crippen molar-refractivity contribution >= 4 is 29.4 Å². The molecule has 7 heteroatoms. The second-order valence-electron chi connectivity index (χ2n) is 7.07. The number of benzene rings is 2. The second kappa shape index (κ2) is 8.10. The molecule has 6 nitrogen and oxygen atoms in total. The predicted octanol–water partition coefficient (Wildman–Crippen LogP) is 4.66. The van der Waals surface area contributed by atoms with Crippen molar-refractivity contribution in [3.05, 3.63) is 64.7 Å². The van der Waals surface area contributed by atoms with Crippen molar-refractivity contribution in [1.82, 2.24) is 9.80 Å². The summed E-state index contributed by atoms with van der Waals surface area (Å²) in [5.41, 5.74) is 2.79. The maximum Gasteiger partial charge on any atom is 0.410 e. The molecule has 2 heterocycles. The summed E-state index contributed by atoms with van der Waals surface area (Å²) in [7, 11) is 0. The van der Waals surface area contributed by atoms with E-state index in [2.05, 4.69) is 5.32 Å². The quantitative estimate of drug-likeness (QED) is 0.813. The molecule has 2 aromatic rings. The molecule has 146 valence electrons. The molecule has 0 spiro atoms. The molecular weight excluding hydrogens is 378 g/mol. The minimum atomic E-state index is -0.279. The first kappa shape index (κ1) is 18.6. The van der Waals surface area contributed by atoms with Gasteiger partial charge in [-0.1, -0.05) is 35.9 Å². The summed E-state index contributed by atoms with van der Waals surface area (Å²) >= 11 is 6.11. The van der Waals surface area contributed by atoms with Gasteiger partial charge in [-0.3, -0.25) is 0 Å². The van der Waals surface area contributed by atoms with Crippen molar-refractivity contribution in [2.24, 2.45) is 0 Å². The van der Waals surface area contributed by atoms with Gasteiger partial charge < -0.3 is 19.9 Å². The van der Waals surface area contributed by atoms with E-state index >= 15 is 0 Å². The summed E-state index contributed by atoms with van der Waals surface area (Å²) in [6.45, 7) is 2.28. The maximum absolute atomic E-state index is 12.8. The maximum atomic E-state index is 12.8. The van der Waals surface area contributed by atoms with Gasteiger partial charge in [0.2, 0.25) is 0 Å². The molecule has 0 radical (unpaired) electrons. The molecule has 3 amide bonds. The fourth-order valence-electron chi connectivity index (χ4n) is 3.75. The molecule has 0 aromatic heterocycles. The highest BCUT2D eigenvalue weighted by atomic mass is 35.5. The van der Waals surface area contributed by atoms with Crippen LogP contribution in [-0.4, -0.2) is 41.6 Å². The molecule has 28 heavy (non-hydrogen) atoms. The Balaban J connectivity index is 1.39. The lowest BCUT2D eigenvalue weighted by Crippen LogP contribution is -2.34. The lowest BCUT2D eigenvalue weighted by Gasteiger charge is -2.25. The van der Waals surface area contributed by atoms with E-state index in [1.165, 1.54) is 0 Å². The first-order valence-corrected chi connectivity index (χ1v) is 9.82. The van der Waals surface area contributed by atoms with Gasteiger partial charge in [-0.2, -0.15) is 0 Å². The topological polar surface area (TPSA) is 61.9 Å². The average Bonchev–Trinajstić information content (AvgIpc) is 3.33. The number of cyclic esters (lactones) is 1. The second-order valence-corrected chi connectivity index (χ2v) is 7.51. The summed E-state index contributed by atoms with van der Waals surface area (Å²) in [6, 6.07) is 15.2. The monoisotopic (exact) mass is 399 g/mol. The molecule has 1 atom stereocenters. The SMILES string of the molecule is O=C1OCCN1Cc1ccc(NC(=O)N2CCCC2c2cccc(Cl)c2)cc1. The number of nitrogens with one attached hydrogen (secondary N) is 1. The number of halogens is 1. The van der Waals surface area contributed by atoms with E-state index in [1.54, 1.807) is 4.90 Å². The lowest BCUT2D eigenvalue weighted by atomic mass is 10.1. The Morgan fingerprint density at radius 3 is 2.71 bits per heavy atom. The van der Waals surface area contributed by atoms with E-state index < -0.39 is 0 Å². The Labute approximate surface area is 169 Å². The Bertz CT molecular complexity index is 871. The predicted molar refractivity (Wildman–Crippen MR) is 107 cm³/mol. The lowest BCUT2D eigenvalue weighted by molar-refractivity contribution is 0.157. The first-order valence-electron chi connectivity index (χ1n) is 9.44. The van der Waals surface area contributed by atoms with Crippen LogP contribution in [0.5, 0.6) is 0 Å². The van der Waals surface area contributed by atoms with Gasteiger partial charge in [0.15, 0.2) is 0 Å². The summed E-state index contributed by atoms with van der Waals surface area (Å²) in [6.07, 6.45) is 1.62. The summed E-state index contributed by atoms with van der Waals surface area (Å²) in [4.78, 5) is 27.9. The fourth-order valence-corrected chi connectivity index (χ4v) is 3.95. The van der Waals surface area contributed by atoms with E-state index in [0.29, 0.717) is 24.7 Å². The van der Waals surface area contributed by atoms with Crippen molar-refractivity contribution in [3.8, 4) is 0 Å². The number of carbonyl (C=O) groups excluding carboxylic acids is 2. The van der Waals surface area contributed by atoms with Crippen LogP contribution in [-0.2, 0) is 11.3 Å². The standard InChI is InChI=1S/C21H22ClN3O3/c22-17-4-1-3-16(13-17)19-5-2-10-25(19)20(26)23-18-8-6-15(7-9-18)14-24-11-12-28-21(24)27/h1,3-4,6-9,13,19H,2,5,10-12,14H2,(H,23,26). The van der Waals surface area contributed by atoms with Gasteiger partial charge in [0.25, 0.3) is 0 Å². The molecule has 0 saturated carbocycles. The number of anilines is 1. The van der Waals surface area contributed by atoms with Crippen LogP contribution in [0.3, 0.4) is 0 Å². The normalized spacial score (nSPS) is 19.0. The molecular formula is C21H22ClN3O3. The van der Waals surface area contributed by atoms with Crippen molar-refractivity contribution < 1.29 is 14.3 Å². The average molecular weight is 400 g/mol. The van der Waals surface area contributed by atoms with Crippen molar-refractivity contribution in [2.75, 3.05) is 25.0 Å². The van der Waals surface area contributed by atoms with Crippen LogP contribution in [0.4, 0.5) is 15.3 Å². The molecule has 1 N–H and O–H groups in total. The van der Waals surface area contributed by atoms with Crippen LogP contribution < -0.4 is 5.32 Å². The van der Waals surface area contributed by atoms with Crippen molar-refractivity contribution in [1.29, 1.82) is 0 Å². The highest BCUT2D eigenvalue weighted by Crippen LogP contribution is 2.33. The molecule has 2 fully saturated rings. The summed E-state index contributed by atoms with van der Waals surface area (Å²) in [5, 5.41) is 3.66. The smallest absolute Gasteiger partial charge is 0.410 e. The highest BCUT2D eigenvalue weighted by Gasteiger charge is 2.30. The summed E-state index contributed by atoms with van der Waals surface area (Å²) in [5.74, 6) is 0. The number of ether oxygens (including phenoxy) is 1. The van der Waals surface area contributed by atoms with Gasteiger partial charge in [-0.05, 0) is 48.2 Å². The molecule has 0 aliphatic carbocycles. The van der Waals surface area contributed by atoms with Gasteiger partial charge in [0, 0.05) is 23.8 Å². The molecule has 4 rings (SSSR count). The van der Waals surface area contributed by atoms with E-state index in [9.17, 15) is 9.59 Å². The third-order valence-corrected chi connectivity index (χ3v) is 5.41. The van der Waals surface area contributed by atoms with Crippen LogP contribution in [0, 0.1) is 0 Å². The van der Waals surface area contributed by atoms with Gasteiger partial charge in [-0.15, -0.1) is 0 Å². The number of likely N-dealkylation sites (tertiary alicyclic amines) is 1. The van der Waals surface area contributed by atoms with Gasteiger partial charge >= 0.3 is 12.1 Å². The minimum absolute atomic E-state index is 0.0409. The first-order chi connectivity index (χ1) is 13.6. The molecule has 2 aromatic carbocycles. The number of hydrogen-bond acceptors (Lipinski definition) is 3. The van der Waals surface area contributed by atoms with Crippen LogP contribution in [0.1, 0.15) is 30.0 Å². The summed E-state index contributed by atoms with van der Waals surface area (Å²) < 4.78 is 4.94. The van der Waals surface area contributed by atoms with Gasteiger partial charge in [0.1, 0.15) is 6.61 Å². The number of nitrogens with zero attached hydrogens (tertiary/aromatic N) is 2. The zero-order valence-corrected chi connectivity index (χ0v) is 16.2. The Morgan fingerprint density at radius 1 is 1.18 bits per heavy atom. The van der Waals surface area contributed by atoms with Crippen LogP contribution >= 0.6 is 11.6 Å². The third-order valence-electron chi connectivity index (χ3n) is 5.17. The zero-order valence-electron chi connectivity index (χ0n) is 15.4. The highest BCUT2D eigenvalue weighted by molar-refractivity contribution is 6.30. The Morgan fingerprint density at radius 2 is 2.00 bits per heavy atom. The van der Waals surface area contributed by atoms with Gasteiger partial charge in [-0.25, -0.2) is 9.59 Å². The van der Waals surface area contributed by atoms with Crippen LogP contribution in [0.25, 0.3) is 0 Å². The molecule has 2 saturated heterocycles. The molecule has 0 bridgehead atoms. The van der Waals surface area contributed by atoms with Crippen LogP contribution in [0.15, 0.2) is 48.5 Å². The Kier molecular flexibility index (Phi) is 5.39. The van der Waals surface area contributed by atoms with E-state index in [-0.39, 0.29) is 18.2 Å². The number of hydrogen-bond donors (Lipinski definition) is 1. The third kappa shape index (κ3) is 4.07. The van der Waals surface area contributed by atoms with Crippen molar-refractivity contribution in [2.45, 2.75) is 25.4 Å². The minimum Gasteiger partial charge on any atom is -0.448 e. The number of urea groups is 1. The fraction of sp³-hybridized carbons (Fsp3) is 0.333. The zero-order chi connectivity index (χ0) is 19.5. The Hall–Kier alpha value is -2.73. The van der Waals surface area contributed by atoms with E-state index in [0.717, 1.165) is 36.2 Å². The molecule has 2 aliphatic heterocycles. The van der Waals surface area contributed by atoms with E-state index in [1.807, 2.05) is 53.4 Å². The number of carbonyl (C=O) groups is 2.